The number of fused-ring (bicyclic) bond motifs is 3. The normalized spacial score (nSPS) is 18.3. The second kappa shape index (κ2) is 7.74. The fraction of sp³-hybridized carbons (Fsp3) is 0.414. The summed E-state index contributed by atoms with van der Waals surface area (Å²) in [6, 6.07) is 11.7. The van der Waals surface area contributed by atoms with Crippen molar-refractivity contribution in [1.29, 1.82) is 0 Å². The van der Waals surface area contributed by atoms with Crippen LogP contribution in [0.15, 0.2) is 47.4 Å². The average Bonchev–Trinajstić information content (AvgIpc) is 3.79. The van der Waals surface area contributed by atoms with Crippen LogP contribution in [-0.4, -0.2) is 25.9 Å². The smallest absolute Gasteiger partial charge is 0.278 e. The molecule has 0 bridgehead atoms. The Hall–Kier alpha value is -3.52. The zero-order chi connectivity index (χ0) is 25.5. The maximum atomic E-state index is 14.7. The number of halogens is 1. The Balaban J connectivity index is 1.33. The van der Waals surface area contributed by atoms with E-state index < -0.39 is 0 Å². The number of hydrogen-bond acceptors (Lipinski definition) is 5. The van der Waals surface area contributed by atoms with Gasteiger partial charge in [0.1, 0.15) is 11.2 Å². The first-order valence-electron chi connectivity index (χ1n) is 13.2. The lowest BCUT2D eigenvalue weighted by Gasteiger charge is -2.26. The van der Waals surface area contributed by atoms with Crippen LogP contribution in [0.5, 0.6) is 0 Å². The fourth-order valence-electron chi connectivity index (χ4n) is 5.77. The van der Waals surface area contributed by atoms with E-state index in [1.165, 1.54) is 30.0 Å². The molecule has 2 saturated carbocycles. The van der Waals surface area contributed by atoms with Gasteiger partial charge in [0.15, 0.2) is 5.65 Å². The third-order valence-corrected chi connectivity index (χ3v) is 8.08. The van der Waals surface area contributed by atoms with Gasteiger partial charge in [-0.15, -0.1) is 0 Å². The lowest BCUT2D eigenvalue weighted by atomic mass is 9.86. The maximum absolute atomic E-state index is 14.7. The minimum absolute atomic E-state index is 0.111. The summed E-state index contributed by atoms with van der Waals surface area (Å²) in [6.45, 7) is 7.88. The second-order valence-corrected chi connectivity index (χ2v) is 11.9. The number of benzene rings is 2. The lowest BCUT2D eigenvalue weighted by molar-refractivity contribution is 0.518. The molecule has 2 aliphatic carbocycles. The molecule has 0 amide bonds. The first-order chi connectivity index (χ1) is 17.7. The van der Waals surface area contributed by atoms with Crippen molar-refractivity contribution >= 4 is 22.7 Å². The molecule has 4 aromatic rings. The molecule has 0 atom stereocenters. The third kappa shape index (κ3) is 3.69. The van der Waals surface area contributed by atoms with Crippen molar-refractivity contribution in [3.63, 3.8) is 0 Å². The van der Waals surface area contributed by atoms with E-state index in [2.05, 4.69) is 33.8 Å². The number of nitrogens with one attached hydrogen (secondary N) is 2. The summed E-state index contributed by atoms with van der Waals surface area (Å²) >= 11 is 0. The van der Waals surface area contributed by atoms with Crippen LogP contribution in [0.2, 0.25) is 0 Å². The van der Waals surface area contributed by atoms with Crippen molar-refractivity contribution in [3.8, 4) is 5.69 Å². The van der Waals surface area contributed by atoms with E-state index in [1.54, 1.807) is 16.9 Å². The Bertz CT molecular complexity index is 1620. The Kier molecular flexibility index (Phi) is 4.74. The monoisotopic (exact) mass is 498 g/mol. The zero-order valence-corrected chi connectivity index (χ0v) is 21.4. The van der Waals surface area contributed by atoms with Gasteiger partial charge in [-0.2, -0.15) is 4.98 Å². The van der Waals surface area contributed by atoms with Crippen LogP contribution in [0.25, 0.3) is 16.7 Å². The fourth-order valence-corrected chi connectivity index (χ4v) is 5.77. The van der Waals surface area contributed by atoms with Gasteiger partial charge in [0.05, 0.1) is 11.7 Å². The van der Waals surface area contributed by atoms with Gasteiger partial charge >= 0.3 is 0 Å². The summed E-state index contributed by atoms with van der Waals surface area (Å²) < 4.78 is 18.4. The van der Waals surface area contributed by atoms with Gasteiger partial charge in [-0.25, -0.2) is 18.7 Å². The van der Waals surface area contributed by atoms with Crippen molar-refractivity contribution < 1.29 is 4.39 Å². The molecule has 1 spiro atoms. The molecular formula is C29H31FN6O. The lowest BCUT2D eigenvalue weighted by Crippen LogP contribution is -2.33. The van der Waals surface area contributed by atoms with Gasteiger partial charge in [0.25, 0.3) is 5.56 Å². The molecular weight excluding hydrogens is 467 g/mol. The van der Waals surface area contributed by atoms with Crippen molar-refractivity contribution in [2.75, 3.05) is 11.9 Å². The van der Waals surface area contributed by atoms with E-state index >= 15 is 0 Å². The van der Waals surface area contributed by atoms with Crippen molar-refractivity contribution in [1.82, 2.24) is 24.6 Å². The van der Waals surface area contributed by atoms with Gasteiger partial charge in [-0.05, 0) is 78.1 Å². The predicted molar refractivity (Wildman–Crippen MR) is 142 cm³/mol. The molecule has 3 heterocycles. The molecule has 3 aliphatic rings. The molecule has 0 saturated heterocycles. The molecule has 8 heteroatoms. The number of rotatable bonds is 4. The van der Waals surface area contributed by atoms with Crippen LogP contribution in [0.3, 0.4) is 0 Å². The highest BCUT2D eigenvalue weighted by Gasteiger charge is 2.46. The summed E-state index contributed by atoms with van der Waals surface area (Å²) in [6.07, 6.45) is 5.97. The quantitative estimate of drug-likeness (QED) is 0.403. The van der Waals surface area contributed by atoms with Gasteiger partial charge in [-0.1, -0.05) is 26.8 Å². The molecule has 2 N–H and O–H groups in total. The zero-order valence-electron chi connectivity index (χ0n) is 21.4. The predicted octanol–water partition coefficient (Wildman–Crippen LogP) is 5.23. The van der Waals surface area contributed by atoms with Gasteiger partial charge < -0.3 is 10.6 Å². The molecule has 2 aromatic heterocycles. The van der Waals surface area contributed by atoms with Crippen molar-refractivity contribution in [2.45, 2.75) is 69.9 Å². The van der Waals surface area contributed by atoms with Gasteiger partial charge in [-0.3, -0.25) is 4.79 Å². The molecule has 0 radical (unpaired) electrons. The van der Waals surface area contributed by atoms with E-state index in [1.807, 2.05) is 31.5 Å². The van der Waals surface area contributed by atoms with E-state index in [0.29, 0.717) is 28.0 Å². The van der Waals surface area contributed by atoms with Crippen LogP contribution in [0, 0.1) is 5.82 Å². The molecule has 1 aliphatic heterocycles. The van der Waals surface area contributed by atoms with Gasteiger partial charge in [0, 0.05) is 30.4 Å². The third-order valence-electron chi connectivity index (χ3n) is 8.08. The molecule has 7 rings (SSSR count). The van der Waals surface area contributed by atoms with Gasteiger partial charge in [0.2, 0.25) is 5.95 Å². The highest BCUT2D eigenvalue weighted by atomic mass is 19.1. The van der Waals surface area contributed by atoms with Crippen molar-refractivity contribution in [3.05, 3.63) is 75.5 Å². The summed E-state index contributed by atoms with van der Waals surface area (Å²) in [5.74, 6) is 0.178. The number of aromatic nitrogens is 4. The van der Waals surface area contributed by atoms with Crippen LogP contribution >= 0.6 is 0 Å². The van der Waals surface area contributed by atoms with E-state index in [0.717, 1.165) is 37.3 Å². The number of hydrogen-bond donors (Lipinski definition) is 2. The minimum atomic E-state index is -0.379. The van der Waals surface area contributed by atoms with E-state index in [4.69, 9.17) is 4.98 Å². The standard InChI is InChI=1S/C29H31FN6O/c1-28(2,3)23-13-20(7-9-24(23)30)35-25-21(26(37)36(35)19-5-6-19)15-32-27(34-25)33-18-4-8-22-17(12-18)14-31-16-29(22)10-11-29/h4,7-9,12-13,15,19,31H,5-6,10-11,14,16H2,1-3H3,(H,32,33,34). The van der Waals surface area contributed by atoms with E-state index in [-0.39, 0.29) is 22.8 Å². The minimum Gasteiger partial charge on any atom is -0.324 e. The largest absolute Gasteiger partial charge is 0.324 e. The Morgan fingerprint density at radius 2 is 1.95 bits per heavy atom. The van der Waals surface area contributed by atoms with E-state index in [9.17, 15) is 9.18 Å². The van der Waals surface area contributed by atoms with Crippen LogP contribution in [0.1, 0.15) is 69.2 Å². The summed E-state index contributed by atoms with van der Waals surface area (Å²) in [4.78, 5) is 22.7. The SMILES string of the molecule is CC(C)(C)c1cc(-n2c3nc(Nc4ccc5c(c4)CNCC54CC4)ncc3c(=O)n2C2CC2)ccc1F. The number of nitrogens with zero attached hydrogens (tertiary/aromatic N) is 4. The molecule has 2 fully saturated rings. The summed E-state index contributed by atoms with van der Waals surface area (Å²) in [7, 11) is 0. The Labute approximate surface area is 214 Å². The molecule has 7 nitrogen and oxygen atoms in total. The first kappa shape index (κ1) is 22.7. The van der Waals surface area contributed by atoms with Crippen LogP contribution in [0.4, 0.5) is 16.0 Å². The second-order valence-electron chi connectivity index (χ2n) is 11.9. The summed E-state index contributed by atoms with van der Waals surface area (Å²) in [5, 5.41) is 7.37. The molecule has 190 valence electrons. The average molecular weight is 499 g/mol. The highest BCUT2D eigenvalue weighted by molar-refractivity contribution is 5.77. The Morgan fingerprint density at radius 3 is 2.68 bits per heavy atom. The maximum Gasteiger partial charge on any atom is 0.278 e. The van der Waals surface area contributed by atoms with Crippen LogP contribution < -0.4 is 16.2 Å². The Morgan fingerprint density at radius 1 is 1.14 bits per heavy atom. The van der Waals surface area contributed by atoms with Crippen molar-refractivity contribution in [2.24, 2.45) is 0 Å². The highest BCUT2D eigenvalue weighted by Crippen LogP contribution is 2.50. The number of anilines is 2. The summed E-state index contributed by atoms with van der Waals surface area (Å²) in [5.41, 5.74) is 5.37. The topological polar surface area (TPSA) is 76.8 Å². The first-order valence-corrected chi connectivity index (χ1v) is 13.2. The van der Waals surface area contributed by atoms with Crippen LogP contribution in [-0.2, 0) is 17.4 Å². The molecule has 2 aromatic carbocycles. The molecule has 37 heavy (non-hydrogen) atoms. The molecule has 0 unspecified atom stereocenters.